The van der Waals surface area contributed by atoms with Gasteiger partial charge in [0.2, 0.25) is 11.8 Å². The number of primary amides is 1. The molecule has 0 radical (unpaired) electrons. The van der Waals surface area contributed by atoms with Crippen molar-refractivity contribution in [1.29, 1.82) is 0 Å². The number of unbranched alkanes of at least 4 members (excludes halogenated alkanes) is 5. The van der Waals surface area contributed by atoms with E-state index in [4.69, 9.17) is 43.6 Å². The van der Waals surface area contributed by atoms with Gasteiger partial charge >= 0.3 is 11.9 Å². The average Bonchev–Trinajstić information content (AvgIpc) is 3.28. The van der Waals surface area contributed by atoms with Crippen molar-refractivity contribution in [2.24, 2.45) is 35.3 Å². The molecular formula is C50H95N3O17S. The van der Waals surface area contributed by atoms with Gasteiger partial charge in [0, 0.05) is 50.2 Å². The van der Waals surface area contributed by atoms with Gasteiger partial charge in [0.15, 0.2) is 0 Å². The van der Waals surface area contributed by atoms with Gasteiger partial charge in [-0.3, -0.25) is 23.7 Å². The smallest absolute Gasteiger partial charge is 0.309 e. The number of hydrogen-bond acceptors (Lipinski definition) is 16. The van der Waals surface area contributed by atoms with E-state index in [0.717, 1.165) is 19.4 Å². The zero-order chi connectivity index (χ0) is 54.0. The molecule has 0 aliphatic heterocycles. The largest absolute Gasteiger partial charge is 0.550 e. The van der Waals surface area contributed by atoms with Gasteiger partial charge in [-0.25, -0.2) is 0 Å². The van der Waals surface area contributed by atoms with Crippen LogP contribution in [0.15, 0.2) is 0 Å². The molecule has 418 valence electrons. The lowest BCUT2D eigenvalue weighted by Gasteiger charge is -2.32. The molecule has 0 aromatic heterocycles. The molecule has 0 rings (SSSR count). The van der Waals surface area contributed by atoms with Crippen LogP contribution in [0.1, 0.15) is 133 Å². The molecule has 0 aromatic carbocycles. The molecule has 5 atom stereocenters. The molecule has 0 aliphatic rings. The Bertz CT molecular complexity index is 1560. The summed E-state index contributed by atoms with van der Waals surface area (Å²) in [6.07, 6.45) is 3.40. The van der Waals surface area contributed by atoms with E-state index in [-0.39, 0.29) is 65.5 Å². The van der Waals surface area contributed by atoms with Gasteiger partial charge in [0.05, 0.1) is 83.4 Å². The molecule has 20 nitrogen and oxygen atoms in total. The van der Waals surface area contributed by atoms with Crippen LogP contribution in [-0.2, 0) is 72.0 Å². The van der Waals surface area contributed by atoms with Crippen molar-refractivity contribution in [3.05, 3.63) is 0 Å². The Morgan fingerprint density at radius 3 is 1.58 bits per heavy atom. The van der Waals surface area contributed by atoms with Crippen LogP contribution in [0.4, 0.5) is 0 Å². The second-order valence-corrected chi connectivity index (χ2v) is 21.2. The van der Waals surface area contributed by atoms with Gasteiger partial charge in [-0.2, -0.15) is 8.42 Å². The van der Waals surface area contributed by atoms with Crippen molar-refractivity contribution in [1.82, 2.24) is 5.32 Å². The molecule has 0 bridgehead atoms. The third-order valence-corrected chi connectivity index (χ3v) is 13.2. The first kappa shape index (κ1) is 68.0. The quantitative estimate of drug-likeness (QED) is 0.0338. The Labute approximate surface area is 426 Å². The second kappa shape index (κ2) is 37.7. The van der Waals surface area contributed by atoms with E-state index in [9.17, 15) is 42.0 Å². The minimum Gasteiger partial charge on any atom is -0.550 e. The summed E-state index contributed by atoms with van der Waals surface area (Å²) in [5.74, 6) is -11.5. The first-order valence-corrected chi connectivity index (χ1v) is 27.5. The predicted molar refractivity (Wildman–Crippen MR) is 266 cm³/mol. The number of hydrogen-bond donors (Lipinski definition) is 3. The van der Waals surface area contributed by atoms with Gasteiger partial charge < -0.3 is 63.3 Å². The number of rotatable bonds is 46. The fourth-order valence-electron chi connectivity index (χ4n) is 7.97. The van der Waals surface area contributed by atoms with Gasteiger partial charge in [-0.1, -0.05) is 46.5 Å². The minimum absolute atomic E-state index is 0.0997. The number of quaternary nitrogens is 1. The number of ether oxygens (including phenoxy) is 8. The molecule has 21 heteroatoms. The van der Waals surface area contributed by atoms with Gasteiger partial charge in [-0.15, -0.1) is 0 Å². The van der Waals surface area contributed by atoms with E-state index in [1.165, 1.54) is 39.5 Å². The van der Waals surface area contributed by atoms with Gasteiger partial charge in [-0.05, 0) is 86.5 Å². The van der Waals surface area contributed by atoms with Crippen molar-refractivity contribution in [2.45, 2.75) is 157 Å². The second-order valence-electron chi connectivity index (χ2n) is 19.8. The third kappa shape index (κ3) is 33.4. The van der Waals surface area contributed by atoms with Gasteiger partial charge in [0.25, 0.3) is 10.1 Å². The fraction of sp³-hybridized carbons (Fsp3) is 0.900. The van der Waals surface area contributed by atoms with Crippen LogP contribution in [0.2, 0.25) is 0 Å². The van der Waals surface area contributed by atoms with Crippen LogP contribution in [0.5, 0.6) is 0 Å². The topological polar surface area (TPSA) is 275 Å². The molecule has 5 unspecified atom stereocenters. The first-order valence-electron chi connectivity index (χ1n) is 25.9. The Morgan fingerprint density at radius 2 is 1.13 bits per heavy atom. The molecule has 0 spiro atoms. The first-order chi connectivity index (χ1) is 33.4. The number of carboxylic acid groups (broad SMARTS) is 1. The van der Waals surface area contributed by atoms with E-state index >= 15 is 0 Å². The zero-order valence-electron chi connectivity index (χ0n) is 45.2. The number of nitrogens with one attached hydrogen (secondary N) is 1. The van der Waals surface area contributed by atoms with E-state index in [1.54, 1.807) is 13.8 Å². The molecular weight excluding hydrogens is 947 g/mol. The monoisotopic (exact) mass is 1040 g/mol. The zero-order valence-corrected chi connectivity index (χ0v) is 46.0. The summed E-state index contributed by atoms with van der Waals surface area (Å²) in [5, 5.41) is 15.5. The Balaban J connectivity index is 7.18. The number of nitrogens with two attached hydrogens (primary N) is 1. The number of carboxylic acids is 1. The summed E-state index contributed by atoms with van der Waals surface area (Å²) in [5.41, 5.74) is 4.09. The molecule has 71 heavy (non-hydrogen) atoms. The lowest BCUT2D eigenvalue weighted by Crippen LogP contribution is -2.51. The average molecular weight is 1040 g/mol. The minimum atomic E-state index is -4.59. The summed E-state index contributed by atoms with van der Waals surface area (Å²) in [6.45, 7) is 18.8. The van der Waals surface area contributed by atoms with E-state index in [1.807, 2.05) is 27.7 Å². The van der Waals surface area contributed by atoms with Crippen LogP contribution >= 0.6 is 0 Å². The molecule has 0 fully saturated rings. The van der Waals surface area contributed by atoms with Gasteiger partial charge in [0.1, 0.15) is 31.5 Å². The Kier molecular flexibility index (Phi) is 36.1. The maximum Gasteiger partial charge on any atom is 0.309 e. The number of aliphatic carboxylic acids is 1. The standard InChI is InChI=1S/C50H95N3O17S/c1-12-18-19-20-21-22-23-53(10,11)24-25-67-48(58)37(7)26-39(46(55)52-50(8,9)36-71(60,61)62)28-41(29-40(47(56)57)27-38(13-2)45(51)54)49(59)70-44(34-68-42(30-63-14-3)31-64-15-4)35-69-43(32-65-16-5)33-66-17-6/h37-44H,12-36H2,1-11H3,(H4-,51,52,54,55,56,57,60,61,62). The number of likely N-dealkylation sites (N-methyl/N-ethyl adjacent to an activating group) is 1. The highest BCUT2D eigenvalue weighted by Crippen LogP contribution is 2.31. The summed E-state index contributed by atoms with van der Waals surface area (Å²) in [7, 11) is -0.471. The molecule has 0 heterocycles. The maximum atomic E-state index is 14.7. The molecule has 0 aromatic rings. The summed E-state index contributed by atoms with van der Waals surface area (Å²) < 4.78 is 81.0. The Hall–Kier alpha value is -3.02. The normalized spacial score (nSPS) is 14.6. The van der Waals surface area contributed by atoms with Crippen molar-refractivity contribution < 1.29 is 84.4 Å². The number of carbonyl (C=O) groups is 5. The maximum absolute atomic E-state index is 14.7. The molecule has 0 aliphatic carbocycles. The van der Waals surface area contributed by atoms with Crippen molar-refractivity contribution in [3.8, 4) is 0 Å². The molecule has 4 N–H and O–H groups in total. The number of carbonyl (C=O) groups excluding carboxylic acids is 5. The van der Waals surface area contributed by atoms with E-state index in [2.05, 4.69) is 26.3 Å². The van der Waals surface area contributed by atoms with Crippen LogP contribution in [0.3, 0.4) is 0 Å². The van der Waals surface area contributed by atoms with E-state index < -0.39 is 112 Å². The van der Waals surface area contributed by atoms with Crippen molar-refractivity contribution in [2.75, 3.05) is 106 Å². The summed E-state index contributed by atoms with van der Waals surface area (Å²) in [6, 6.07) is 0. The fourth-order valence-corrected chi connectivity index (χ4v) is 8.95. The molecule has 0 saturated carbocycles. The number of esters is 2. The third-order valence-electron chi connectivity index (χ3n) is 12.1. The lowest BCUT2D eigenvalue weighted by atomic mass is 9.80. The van der Waals surface area contributed by atoms with Crippen molar-refractivity contribution >= 4 is 39.8 Å². The summed E-state index contributed by atoms with van der Waals surface area (Å²) >= 11 is 0. The Morgan fingerprint density at radius 1 is 0.648 bits per heavy atom. The number of nitrogens with zero attached hydrogens (tertiary/aromatic N) is 1. The lowest BCUT2D eigenvalue weighted by molar-refractivity contribution is -0.890. The molecule has 0 saturated heterocycles. The van der Waals surface area contributed by atoms with Crippen LogP contribution in [0.25, 0.3) is 0 Å². The van der Waals surface area contributed by atoms with Crippen molar-refractivity contribution in [3.63, 3.8) is 0 Å². The van der Waals surface area contributed by atoms with Crippen LogP contribution in [0, 0.1) is 29.6 Å². The predicted octanol–water partition coefficient (Wildman–Crippen LogP) is 3.88. The highest BCUT2D eigenvalue weighted by atomic mass is 32.2. The van der Waals surface area contributed by atoms with Crippen LogP contribution in [-0.4, -0.2) is 177 Å². The van der Waals surface area contributed by atoms with E-state index in [0.29, 0.717) is 37.5 Å². The number of amides is 2. The summed E-state index contributed by atoms with van der Waals surface area (Å²) in [4.78, 5) is 67.9. The highest BCUT2D eigenvalue weighted by molar-refractivity contribution is 7.85. The highest BCUT2D eigenvalue weighted by Gasteiger charge is 2.38. The molecule has 2 amide bonds. The SMILES string of the molecule is CCCCCCCC[N+](C)(C)CCOC(=O)C(C)CC(CC(CC(CC(CC)C(N)=O)C(=O)[O-])C(=O)OC(COC(COCC)COCC)COC(COCC)COCC)C(=O)NC(C)(C)CS(=O)(=O)O. The van der Waals surface area contributed by atoms with Crippen LogP contribution < -0.4 is 16.2 Å².